The van der Waals surface area contributed by atoms with Gasteiger partial charge in [-0.1, -0.05) is 18.5 Å². The smallest absolute Gasteiger partial charge is 0.288 e. The Morgan fingerprint density at radius 2 is 2.17 bits per heavy atom. The zero-order chi connectivity index (χ0) is 17.2. The Morgan fingerprint density at radius 1 is 1.48 bits per heavy atom. The van der Waals surface area contributed by atoms with Crippen LogP contribution in [0.2, 0.25) is 5.02 Å². The molecule has 1 heterocycles. The molecule has 1 aliphatic rings. The van der Waals surface area contributed by atoms with Crippen LogP contribution in [0, 0.1) is 10.1 Å². The van der Waals surface area contributed by atoms with Crippen LogP contribution in [-0.2, 0) is 9.84 Å². The third-order valence-electron chi connectivity index (χ3n) is 3.76. The summed E-state index contributed by atoms with van der Waals surface area (Å²) in [6, 6.07) is 3.48. The number of carbonyl (C=O) groups excluding carboxylic acids is 1. The molecule has 0 N–H and O–H groups in total. The number of rotatable bonds is 5. The minimum absolute atomic E-state index is 0.0444. The summed E-state index contributed by atoms with van der Waals surface area (Å²) in [6.07, 6.45) is 1.06. The molecule has 1 aromatic rings. The number of nitrogens with zero attached hydrogens (tertiary/aromatic N) is 2. The summed E-state index contributed by atoms with van der Waals surface area (Å²) in [4.78, 5) is 24.5. The average molecular weight is 361 g/mol. The number of benzene rings is 1. The van der Waals surface area contributed by atoms with Crippen molar-refractivity contribution in [2.45, 2.75) is 25.8 Å². The summed E-state index contributed by atoms with van der Waals surface area (Å²) in [5.74, 6) is -0.408. The molecule has 0 spiro atoms. The number of hydrogen-bond donors (Lipinski definition) is 0. The molecular formula is C14H17ClN2O5S. The number of halogens is 1. The van der Waals surface area contributed by atoms with Crippen LogP contribution in [0.1, 0.15) is 30.1 Å². The second-order valence-electron chi connectivity index (χ2n) is 5.48. The standard InChI is InChI=1S/C14H17ClN2O5S/c1-2-6-16(11-5-7-23(21,22)9-11)14(18)10-3-4-12(15)13(8-10)17(19)20/h3-4,8,11H,2,5-7,9H2,1H3. The molecule has 1 fully saturated rings. The number of nitro benzene ring substituents is 1. The van der Waals surface area contributed by atoms with Crippen molar-refractivity contribution < 1.29 is 18.1 Å². The lowest BCUT2D eigenvalue weighted by atomic mass is 10.1. The largest absolute Gasteiger partial charge is 0.335 e. The molecule has 0 aliphatic carbocycles. The zero-order valence-corrected chi connectivity index (χ0v) is 14.1. The third kappa shape index (κ3) is 4.00. The fourth-order valence-electron chi connectivity index (χ4n) is 2.66. The van der Waals surface area contributed by atoms with E-state index in [9.17, 15) is 23.3 Å². The Labute approximate surface area is 139 Å². The number of amides is 1. The molecule has 0 bridgehead atoms. The first-order valence-corrected chi connectivity index (χ1v) is 9.40. The summed E-state index contributed by atoms with van der Waals surface area (Å²) < 4.78 is 23.3. The van der Waals surface area contributed by atoms with Gasteiger partial charge in [-0.25, -0.2) is 8.42 Å². The van der Waals surface area contributed by atoms with E-state index in [0.717, 1.165) is 6.07 Å². The Morgan fingerprint density at radius 3 is 2.70 bits per heavy atom. The second kappa shape index (κ2) is 6.84. The summed E-state index contributed by atoms with van der Waals surface area (Å²) >= 11 is 5.76. The summed E-state index contributed by atoms with van der Waals surface area (Å²) in [5.41, 5.74) is -0.202. The molecule has 23 heavy (non-hydrogen) atoms. The van der Waals surface area contributed by atoms with Crippen molar-refractivity contribution in [1.29, 1.82) is 0 Å². The lowest BCUT2D eigenvalue weighted by Crippen LogP contribution is -2.41. The Bertz CT molecular complexity index is 735. The number of sulfone groups is 1. The van der Waals surface area contributed by atoms with Crippen LogP contribution >= 0.6 is 11.6 Å². The molecule has 2 rings (SSSR count). The predicted molar refractivity (Wildman–Crippen MR) is 86.5 cm³/mol. The zero-order valence-electron chi connectivity index (χ0n) is 12.6. The Hall–Kier alpha value is -1.67. The van der Waals surface area contributed by atoms with E-state index in [2.05, 4.69) is 0 Å². The Kier molecular flexibility index (Phi) is 5.26. The van der Waals surface area contributed by atoms with Gasteiger partial charge in [-0.3, -0.25) is 14.9 Å². The van der Waals surface area contributed by atoms with Crippen LogP contribution in [0.4, 0.5) is 5.69 Å². The first-order chi connectivity index (χ1) is 10.7. The predicted octanol–water partition coefficient (Wildman–Crippen LogP) is 2.29. The minimum atomic E-state index is -3.13. The van der Waals surface area contributed by atoms with Crippen molar-refractivity contribution in [3.05, 3.63) is 38.9 Å². The van der Waals surface area contributed by atoms with Crippen LogP contribution in [0.15, 0.2) is 18.2 Å². The number of nitro groups is 1. The van der Waals surface area contributed by atoms with E-state index in [1.165, 1.54) is 17.0 Å². The van der Waals surface area contributed by atoms with Gasteiger partial charge in [-0.15, -0.1) is 0 Å². The van der Waals surface area contributed by atoms with Gasteiger partial charge in [0.25, 0.3) is 11.6 Å². The lowest BCUT2D eigenvalue weighted by Gasteiger charge is -2.28. The van der Waals surface area contributed by atoms with Gasteiger partial charge >= 0.3 is 0 Å². The molecule has 7 nitrogen and oxygen atoms in total. The molecule has 0 saturated carbocycles. The highest BCUT2D eigenvalue weighted by Crippen LogP contribution is 2.27. The molecular weight excluding hydrogens is 344 g/mol. The van der Waals surface area contributed by atoms with Crippen molar-refractivity contribution >= 4 is 33.0 Å². The molecule has 0 aromatic heterocycles. The monoisotopic (exact) mass is 360 g/mol. The van der Waals surface area contributed by atoms with Gasteiger partial charge < -0.3 is 4.90 Å². The third-order valence-corrected chi connectivity index (χ3v) is 5.83. The first kappa shape index (κ1) is 17.7. The molecule has 1 atom stereocenters. The quantitative estimate of drug-likeness (QED) is 0.592. The summed E-state index contributed by atoms with van der Waals surface area (Å²) in [5, 5.41) is 10.9. The van der Waals surface area contributed by atoms with E-state index >= 15 is 0 Å². The number of carbonyl (C=O) groups is 1. The van der Waals surface area contributed by atoms with E-state index in [-0.39, 0.29) is 33.8 Å². The highest BCUT2D eigenvalue weighted by Gasteiger charge is 2.35. The van der Waals surface area contributed by atoms with Crippen LogP contribution in [0.3, 0.4) is 0 Å². The summed E-state index contributed by atoms with van der Waals surface area (Å²) in [6.45, 7) is 2.28. The fourth-order valence-corrected chi connectivity index (χ4v) is 4.58. The van der Waals surface area contributed by atoms with Gasteiger partial charge in [0.1, 0.15) is 5.02 Å². The average Bonchev–Trinajstić information content (AvgIpc) is 2.84. The molecule has 1 amide bonds. The molecule has 9 heteroatoms. The van der Waals surface area contributed by atoms with Gasteiger partial charge in [0.05, 0.1) is 16.4 Å². The van der Waals surface area contributed by atoms with E-state index in [1.807, 2.05) is 6.92 Å². The van der Waals surface area contributed by atoms with Gasteiger partial charge in [-0.05, 0) is 25.0 Å². The van der Waals surface area contributed by atoms with Crippen molar-refractivity contribution in [3.63, 3.8) is 0 Å². The topological polar surface area (TPSA) is 97.6 Å². The molecule has 1 aromatic carbocycles. The van der Waals surface area contributed by atoms with E-state index in [1.54, 1.807) is 0 Å². The maximum Gasteiger partial charge on any atom is 0.288 e. The van der Waals surface area contributed by atoms with Gasteiger partial charge in [0.15, 0.2) is 9.84 Å². The van der Waals surface area contributed by atoms with Crippen LogP contribution in [-0.4, -0.2) is 48.2 Å². The fraction of sp³-hybridized carbons (Fsp3) is 0.500. The SMILES string of the molecule is CCCN(C(=O)c1ccc(Cl)c([N+](=O)[O-])c1)C1CCS(=O)(=O)C1. The summed E-state index contributed by atoms with van der Waals surface area (Å²) in [7, 11) is -3.13. The van der Waals surface area contributed by atoms with Crippen LogP contribution in [0.25, 0.3) is 0 Å². The highest BCUT2D eigenvalue weighted by atomic mass is 35.5. The molecule has 0 radical (unpaired) electrons. The lowest BCUT2D eigenvalue weighted by molar-refractivity contribution is -0.384. The minimum Gasteiger partial charge on any atom is -0.335 e. The van der Waals surface area contributed by atoms with E-state index in [4.69, 9.17) is 11.6 Å². The van der Waals surface area contributed by atoms with Crippen molar-refractivity contribution in [1.82, 2.24) is 4.90 Å². The normalized spacial score (nSPS) is 19.5. The molecule has 126 valence electrons. The van der Waals surface area contributed by atoms with Gasteiger partial charge in [0, 0.05) is 24.2 Å². The molecule has 1 aliphatic heterocycles. The highest BCUT2D eigenvalue weighted by molar-refractivity contribution is 7.91. The Balaban J connectivity index is 2.31. The maximum atomic E-state index is 12.7. The second-order valence-corrected chi connectivity index (χ2v) is 8.11. The van der Waals surface area contributed by atoms with Crippen molar-refractivity contribution in [2.24, 2.45) is 0 Å². The maximum absolute atomic E-state index is 12.7. The van der Waals surface area contributed by atoms with E-state index < -0.39 is 20.7 Å². The van der Waals surface area contributed by atoms with Crippen LogP contribution in [0.5, 0.6) is 0 Å². The van der Waals surface area contributed by atoms with Gasteiger partial charge in [0.2, 0.25) is 0 Å². The van der Waals surface area contributed by atoms with Gasteiger partial charge in [-0.2, -0.15) is 0 Å². The first-order valence-electron chi connectivity index (χ1n) is 7.20. The van der Waals surface area contributed by atoms with E-state index in [0.29, 0.717) is 19.4 Å². The molecule has 1 saturated heterocycles. The van der Waals surface area contributed by atoms with Crippen LogP contribution < -0.4 is 0 Å². The number of hydrogen-bond acceptors (Lipinski definition) is 5. The van der Waals surface area contributed by atoms with Crippen molar-refractivity contribution in [2.75, 3.05) is 18.1 Å². The molecule has 1 unspecified atom stereocenters. The van der Waals surface area contributed by atoms with Crippen molar-refractivity contribution in [3.8, 4) is 0 Å².